The molecule has 0 saturated heterocycles. The molecule has 0 atom stereocenters. The minimum atomic E-state index is 0.655. The first-order valence-corrected chi connectivity index (χ1v) is 4.94. The zero-order chi connectivity index (χ0) is 8.36. The fraction of sp³-hybridized carbons (Fsp3) is 0.875. The number of hydrogen-bond acceptors (Lipinski definition) is 3. The fourth-order valence-electron chi connectivity index (χ4n) is 0.566. The average Bonchev–Trinajstić information content (AvgIpc) is 2.03. The van der Waals surface area contributed by atoms with Crippen LogP contribution in [-0.4, -0.2) is 12.4 Å². The third-order valence-electron chi connectivity index (χ3n) is 1.14. The van der Waals surface area contributed by atoms with Gasteiger partial charge in [0, 0.05) is 12.2 Å². The largest absolute Gasteiger partial charge is 0.315 e. The molecule has 0 saturated carbocycles. The van der Waals surface area contributed by atoms with Gasteiger partial charge in [0.1, 0.15) is 0 Å². The molecule has 0 aromatic carbocycles. The Labute approximate surface area is 73.1 Å². The first kappa shape index (κ1) is 10.8. The zero-order valence-electron chi connectivity index (χ0n) is 7.01. The smallest absolute Gasteiger partial charge is 0.0621 e. The Morgan fingerprint density at radius 1 is 1.45 bits per heavy atom. The van der Waals surface area contributed by atoms with Crippen molar-refractivity contribution in [3.63, 3.8) is 0 Å². The SMILES string of the molecule is CCCSOCCCCC#N. The molecular formula is C8H15NOS. The summed E-state index contributed by atoms with van der Waals surface area (Å²) in [6.07, 6.45) is 3.78. The second-order valence-corrected chi connectivity index (χ2v) is 3.14. The molecule has 0 fully saturated rings. The van der Waals surface area contributed by atoms with Crippen molar-refractivity contribution in [2.24, 2.45) is 0 Å². The van der Waals surface area contributed by atoms with Gasteiger partial charge in [-0.05, 0) is 31.3 Å². The maximum absolute atomic E-state index is 8.21. The van der Waals surface area contributed by atoms with E-state index in [1.807, 2.05) is 0 Å². The first-order valence-electron chi connectivity index (χ1n) is 4.03. The van der Waals surface area contributed by atoms with E-state index >= 15 is 0 Å². The number of rotatable bonds is 7. The molecule has 0 aromatic heterocycles. The van der Waals surface area contributed by atoms with Gasteiger partial charge in [0.05, 0.1) is 12.7 Å². The molecule has 0 aliphatic carbocycles. The maximum atomic E-state index is 8.21. The van der Waals surface area contributed by atoms with E-state index in [1.165, 1.54) is 12.0 Å². The minimum absolute atomic E-state index is 0.655. The molecule has 3 heteroatoms. The molecule has 0 radical (unpaired) electrons. The van der Waals surface area contributed by atoms with Crippen LogP contribution in [0.5, 0.6) is 0 Å². The lowest BCUT2D eigenvalue weighted by molar-refractivity contribution is 0.360. The summed E-state index contributed by atoms with van der Waals surface area (Å²) in [6.45, 7) is 2.92. The molecular weight excluding hydrogens is 158 g/mol. The predicted octanol–water partition coefficient (Wildman–Crippen LogP) is 2.76. The lowest BCUT2D eigenvalue weighted by Gasteiger charge is -1.98. The van der Waals surface area contributed by atoms with E-state index in [4.69, 9.17) is 9.44 Å². The number of hydrogen-bond donors (Lipinski definition) is 0. The Morgan fingerprint density at radius 2 is 2.27 bits per heavy atom. The summed E-state index contributed by atoms with van der Waals surface area (Å²) < 4.78 is 5.23. The van der Waals surface area contributed by atoms with Crippen molar-refractivity contribution in [1.82, 2.24) is 0 Å². The summed E-state index contributed by atoms with van der Waals surface area (Å²) in [4.78, 5) is 0. The van der Waals surface area contributed by atoms with Crippen LogP contribution < -0.4 is 0 Å². The quantitative estimate of drug-likeness (QED) is 0.438. The highest BCUT2D eigenvalue weighted by molar-refractivity contribution is 7.94. The second-order valence-electron chi connectivity index (χ2n) is 2.26. The molecule has 11 heavy (non-hydrogen) atoms. The fourth-order valence-corrected chi connectivity index (χ4v) is 1.09. The zero-order valence-corrected chi connectivity index (χ0v) is 7.82. The third-order valence-corrected chi connectivity index (χ3v) is 2.05. The van der Waals surface area contributed by atoms with E-state index in [0.717, 1.165) is 31.6 Å². The van der Waals surface area contributed by atoms with Crippen LogP contribution in [0.2, 0.25) is 0 Å². The molecule has 0 amide bonds. The predicted molar refractivity (Wildman–Crippen MR) is 48.2 cm³/mol. The van der Waals surface area contributed by atoms with Crippen LogP contribution in [0.25, 0.3) is 0 Å². The molecule has 0 unspecified atom stereocenters. The molecule has 0 aliphatic rings. The molecule has 0 spiro atoms. The van der Waals surface area contributed by atoms with Gasteiger partial charge < -0.3 is 4.18 Å². The van der Waals surface area contributed by atoms with Gasteiger partial charge in [-0.15, -0.1) is 0 Å². The topological polar surface area (TPSA) is 33.0 Å². The Bertz CT molecular complexity index is 111. The standard InChI is InChI=1S/C8H15NOS/c1-2-8-11-10-7-5-3-4-6-9/h2-5,7-8H2,1H3. The van der Waals surface area contributed by atoms with E-state index in [1.54, 1.807) is 0 Å². The van der Waals surface area contributed by atoms with Crippen LogP contribution in [0.1, 0.15) is 32.6 Å². The van der Waals surface area contributed by atoms with Crippen LogP contribution in [0.4, 0.5) is 0 Å². The number of nitriles is 1. The van der Waals surface area contributed by atoms with Gasteiger partial charge in [-0.1, -0.05) is 6.92 Å². The number of unbranched alkanes of at least 4 members (excludes halogenated alkanes) is 2. The maximum Gasteiger partial charge on any atom is 0.0621 e. The van der Waals surface area contributed by atoms with Crippen molar-refractivity contribution >= 4 is 12.0 Å². The average molecular weight is 173 g/mol. The monoisotopic (exact) mass is 173 g/mol. The van der Waals surface area contributed by atoms with Gasteiger partial charge in [0.25, 0.3) is 0 Å². The molecule has 0 bridgehead atoms. The van der Waals surface area contributed by atoms with Gasteiger partial charge in [-0.3, -0.25) is 0 Å². The molecule has 2 nitrogen and oxygen atoms in total. The van der Waals surface area contributed by atoms with E-state index in [2.05, 4.69) is 13.0 Å². The molecule has 64 valence electrons. The lowest BCUT2D eigenvalue weighted by Crippen LogP contribution is -1.87. The number of nitrogens with zero attached hydrogens (tertiary/aromatic N) is 1. The molecule has 0 aromatic rings. The van der Waals surface area contributed by atoms with E-state index in [-0.39, 0.29) is 0 Å². The summed E-state index contributed by atoms with van der Waals surface area (Å²) in [5.41, 5.74) is 0. The summed E-state index contributed by atoms with van der Waals surface area (Å²) in [5.74, 6) is 1.07. The molecule has 0 heterocycles. The lowest BCUT2D eigenvalue weighted by atomic mass is 10.3. The van der Waals surface area contributed by atoms with E-state index < -0.39 is 0 Å². The molecule has 0 rings (SSSR count). The van der Waals surface area contributed by atoms with Crippen molar-refractivity contribution in [2.45, 2.75) is 32.6 Å². The van der Waals surface area contributed by atoms with Gasteiger partial charge >= 0.3 is 0 Å². The van der Waals surface area contributed by atoms with Crippen LogP contribution in [0.15, 0.2) is 0 Å². The van der Waals surface area contributed by atoms with Crippen LogP contribution in [-0.2, 0) is 4.18 Å². The van der Waals surface area contributed by atoms with Crippen molar-refractivity contribution in [1.29, 1.82) is 5.26 Å². The minimum Gasteiger partial charge on any atom is -0.315 e. The van der Waals surface area contributed by atoms with Crippen LogP contribution >= 0.6 is 12.0 Å². The van der Waals surface area contributed by atoms with Gasteiger partial charge in [-0.2, -0.15) is 5.26 Å². The van der Waals surface area contributed by atoms with Gasteiger partial charge in [-0.25, -0.2) is 0 Å². The highest BCUT2D eigenvalue weighted by atomic mass is 32.2. The van der Waals surface area contributed by atoms with E-state index in [9.17, 15) is 0 Å². The highest BCUT2D eigenvalue weighted by Gasteiger charge is 1.89. The van der Waals surface area contributed by atoms with Crippen LogP contribution in [0.3, 0.4) is 0 Å². The summed E-state index contributed by atoms with van der Waals surface area (Å²) in [7, 11) is 0. The van der Waals surface area contributed by atoms with Crippen molar-refractivity contribution < 1.29 is 4.18 Å². The van der Waals surface area contributed by atoms with Crippen molar-refractivity contribution in [3.8, 4) is 6.07 Å². The van der Waals surface area contributed by atoms with Gasteiger partial charge in [0.15, 0.2) is 0 Å². The molecule has 0 N–H and O–H groups in total. The Morgan fingerprint density at radius 3 is 2.91 bits per heavy atom. The molecule has 0 aliphatic heterocycles. The van der Waals surface area contributed by atoms with Crippen molar-refractivity contribution in [2.75, 3.05) is 12.4 Å². The normalized spacial score (nSPS) is 9.45. The Balaban J connectivity index is 2.75. The first-order chi connectivity index (χ1) is 5.41. The Hall–Kier alpha value is -0.200. The summed E-state index contributed by atoms with van der Waals surface area (Å²) in [6, 6.07) is 2.11. The summed E-state index contributed by atoms with van der Waals surface area (Å²) in [5, 5.41) is 8.21. The second kappa shape index (κ2) is 9.80. The van der Waals surface area contributed by atoms with Crippen molar-refractivity contribution in [3.05, 3.63) is 0 Å². The highest BCUT2D eigenvalue weighted by Crippen LogP contribution is 2.05. The third kappa shape index (κ3) is 9.80. The Kier molecular flexibility index (Phi) is 9.62. The van der Waals surface area contributed by atoms with Gasteiger partial charge in [0.2, 0.25) is 0 Å². The summed E-state index contributed by atoms with van der Waals surface area (Å²) >= 11 is 1.53. The van der Waals surface area contributed by atoms with E-state index in [0.29, 0.717) is 6.42 Å². The van der Waals surface area contributed by atoms with Crippen LogP contribution in [0, 0.1) is 11.3 Å².